The third kappa shape index (κ3) is 4.26. The monoisotopic (exact) mass is 767 g/mol. The van der Waals surface area contributed by atoms with Gasteiger partial charge in [0.25, 0.3) is 0 Å². The molecule has 0 saturated carbocycles. The van der Waals surface area contributed by atoms with Crippen molar-refractivity contribution >= 4 is 129 Å². The normalized spacial score (nSPS) is 12.4. The van der Waals surface area contributed by atoms with Gasteiger partial charge in [-0.3, -0.25) is 4.57 Å². The van der Waals surface area contributed by atoms with E-state index in [0.29, 0.717) is 5.71 Å². The quantitative estimate of drug-likeness (QED) is 0.165. The molecule has 59 heavy (non-hydrogen) atoms. The maximum absolute atomic E-state index is 6.53. The fourth-order valence-electron chi connectivity index (χ4n) is 9.97. The van der Waals surface area contributed by atoms with Crippen LogP contribution in [0, 0.1) is 0 Å². The van der Waals surface area contributed by atoms with E-state index in [4.69, 9.17) is 14.4 Å². The third-order valence-electron chi connectivity index (χ3n) is 12.5. The fraction of sp³-hybridized carbons (Fsp3) is 0. The molecule has 0 N–H and O–H groups in total. The number of furan rings is 1. The number of hydrogen-bond donors (Lipinski definition) is 0. The Morgan fingerprint density at radius 3 is 1.80 bits per heavy atom. The zero-order chi connectivity index (χ0) is 38.3. The second-order valence-corrected chi connectivity index (χ2v) is 16.7. The van der Waals surface area contributed by atoms with E-state index in [1.165, 1.54) is 84.8 Å². The molecule has 272 valence electrons. The van der Waals surface area contributed by atoms with Gasteiger partial charge in [0.15, 0.2) is 5.82 Å². The van der Waals surface area contributed by atoms with E-state index in [1.807, 2.05) is 29.5 Å². The summed E-state index contributed by atoms with van der Waals surface area (Å²) in [6, 6.07) is 63.7. The lowest BCUT2D eigenvalue weighted by molar-refractivity contribution is 0.652. The van der Waals surface area contributed by atoms with Gasteiger partial charge in [0.1, 0.15) is 16.8 Å². The third-order valence-corrected chi connectivity index (χ3v) is 13.7. The number of benzene rings is 10. The molecule has 0 aliphatic carbocycles. The molecule has 10 aromatic carbocycles. The maximum Gasteiger partial charge on any atom is 0.248 e. The first-order valence-electron chi connectivity index (χ1n) is 20.0. The fourth-order valence-corrected chi connectivity index (χ4v) is 11.1. The van der Waals surface area contributed by atoms with Crippen molar-refractivity contribution < 1.29 is 4.42 Å². The summed E-state index contributed by atoms with van der Waals surface area (Å²) in [4.78, 5) is 11.1. The van der Waals surface area contributed by atoms with Crippen molar-refractivity contribution in [2.24, 2.45) is 0 Å². The molecule has 0 bridgehead atoms. The van der Waals surface area contributed by atoms with Gasteiger partial charge in [0, 0.05) is 41.9 Å². The molecule has 0 spiro atoms. The molecule has 14 rings (SSSR count). The summed E-state index contributed by atoms with van der Waals surface area (Å²) in [5, 5.41) is 18.2. The van der Waals surface area contributed by atoms with Crippen LogP contribution in [0.15, 0.2) is 180 Å². The number of hydrogen-bond acceptors (Lipinski definition) is 4. The van der Waals surface area contributed by atoms with E-state index in [2.05, 4.69) is 162 Å². The lowest BCUT2D eigenvalue weighted by atomic mass is 9.93. The van der Waals surface area contributed by atoms with Gasteiger partial charge < -0.3 is 4.42 Å². The average molecular weight is 768 g/mol. The Balaban J connectivity index is 1.17. The summed E-state index contributed by atoms with van der Waals surface area (Å²) in [5.41, 5.74) is 6.01. The largest absolute Gasteiger partial charge is 0.436 e. The molecule has 0 unspecified atom stereocenters. The molecular weight excluding hydrogens is 739 g/mol. The first-order chi connectivity index (χ1) is 29.2. The zero-order valence-corrected chi connectivity index (χ0v) is 32.2. The molecule has 4 heterocycles. The number of fused-ring (bicyclic) bond motifs is 19. The topological polar surface area (TPSA) is 43.9 Å². The van der Waals surface area contributed by atoms with Gasteiger partial charge in [-0.15, -0.1) is 11.3 Å². The SMILES string of the molecule is c1ccc2cc3c(cc2c1)c1c2c(ccc1n3-c1nc3oc4ccccc4c3nc1-c1ccc3c4ccccc4c4ccccc4c3c1)sc1ccc3ccccc3c12. The number of aromatic nitrogens is 3. The maximum atomic E-state index is 6.53. The number of thiophene rings is 1. The summed E-state index contributed by atoms with van der Waals surface area (Å²) in [6.07, 6.45) is 0. The van der Waals surface area contributed by atoms with E-state index in [9.17, 15) is 0 Å². The molecule has 4 aromatic heterocycles. The van der Waals surface area contributed by atoms with Gasteiger partial charge in [0.2, 0.25) is 5.71 Å². The first kappa shape index (κ1) is 31.5. The first-order valence-corrected chi connectivity index (χ1v) is 20.8. The van der Waals surface area contributed by atoms with Crippen LogP contribution in [0.25, 0.3) is 135 Å². The molecule has 0 aliphatic rings. The molecule has 5 heteroatoms. The molecule has 0 saturated heterocycles. The smallest absolute Gasteiger partial charge is 0.248 e. The predicted molar refractivity (Wildman–Crippen MR) is 250 cm³/mol. The van der Waals surface area contributed by atoms with Crippen molar-refractivity contribution in [1.82, 2.24) is 14.5 Å². The Kier molecular flexibility index (Phi) is 6.14. The summed E-state index contributed by atoms with van der Waals surface area (Å²) in [7, 11) is 0. The molecule has 4 nitrogen and oxygen atoms in total. The molecule has 0 fully saturated rings. The van der Waals surface area contributed by atoms with Crippen molar-refractivity contribution in [2.45, 2.75) is 0 Å². The minimum atomic E-state index is 0.519. The minimum Gasteiger partial charge on any atom is -0.436 e. The van der Waals surface area contributed by atoms with Crippen molar-refractivity contribution in [3.8, 4) is 17.1 Å². The molecule has 0 aliphatic heterocycles. The van der Waals surface area contributed by atoms with Crippen LogP contribution in [0.4, 0.5) is 0 Å². The van der Waals surface area contributed by atoms with Gasteiger partial charge in [-0.25, -0.2) is 4.98 Å². The second-order valence-electron chi connectivity index (χ2n) is 15.6. The summed E-state index contributed by atoms with van der Waals surface area (Å²) >= 11 is 1.86. The van der Waals surface area contributed by atoms with Crippen LogP contribution in [-0.2, 0) is 0 Å². The van der Waals surface area contributed by atoms with Gasteiger partial charge in [-0.05, 0) is 102 Å². The summed E-state index contributed by atoms with van der Waals surface area (Å²) < 4.78 is 11.4. The summed E-state index contributed by atoms with van der Waals surface area (Å²) in [5.74, 6) is 0.736. The van der Waals surface area contributed by atoms with Crippen LogP contribution >= 0.6 is 11.3 Å². The van der Waals surface area contributed by atoms with Gasteiger partial charge in [-0.1, -0.05) is 127 Å². The highest BCUT2D eigenvalue weighted by Gasteiger charge is 2.25. The van der Waals surface area contributed by atoms with Crippen LogP contribution in [0.1, 0.15) is 0 Å². The van der Waals surface area contributed by atoms with Gasteiger partial charge in [-0.2, -0.15) is 4.98 Å². The standard InChI is InChI=1S/C54H29N3OS/c1-2-13-32-29-44-42(27-31(32)12-1)48-43(24-26-47-50(48)49-34-14-4-3-11-30(34)22-25-46(49)59-47)57(44)53-51(55-52-40-19-9-10-20-45(40)58-54(52)56-53)33-21-23-39-37-17-6-5-15-35(37)36-16-7-8-18-38(36)41(39)28-33/h1-29H. The Hall–Kier alpha value is -7.60. The highest BCUT2D eigenvalue weighted by Crippen LogP contribution is 2.47. The van der Waals surface area contributed by atoms with Crippen LogP contribution in [-0.4, -0.2) is 14.5 Å². The molecular formula is C54H29N3OS. The van der Waals surface area contributed by atoms with Gasteiger partial charge in [0.05, 0.1) is 11.0 Å². The molecule has 0 radical (unpaired) electrons. The number of nitrogens with zero attached hydrogens (tertiary/aromatic N) is 3. The molecule has 14 aromatic rings. The molecule has 0 atom stereocenters. The zero-order valence-electron chi connectivity index (χ0n) is 31.4. The van der Waals surface area contributed by atoms with E-state index >= 15 is 0 Å². The van der Waals surface area contributed by atoms with E-state index in [-0.39, 0.29) is 0 Å². The van der Waals surface area contributed by atoms with Crippen molar-refractivity contribution in [1.29, 1.82) is 0 Å². The number of rotatable bonds is 2. The minimum absolute atomic E-state index is 0.519. The average Bonchev–Trinajstić information content (AvgIpc) is 3.96. The Morgan fingerprint density at radius 2 is 1.02 bits per heavy atom. The highest BCUT2D eigenvalue weighted by molar-refractivity contribution is 7.26. The highest BCUT2D eigenvalue weighted by atomic mass is 32.1. The Labute approximate surface area is 339 Å². The van der Waals surface area contributed by atoms with Crippen molar-refractivity contribution in [3.63, 3.8) is 0 Å². The van der Waals surface area contributed by atoms with Gasteiger partial charge >= 0.3 is 0 Å². The van der Waals surface area contributed by atoms with E-state index < -0.39 is 0 Å². The van der Waals surface area contributed by atoms with E-state index in [0.717, 1.165) is 44.6 Å². The lowest BCUT2D eigenvalue weighted by Crippen LogP contribution is -2.03. The predicted octanol–water partition coefficient (Wildman–Crippen LogP) is 15.3. The van der Waals surface area contributed by atoms with Crippen LogP contribution < -0.4 is 0 Å². The Morgan fingerprint density at radius 1 is 0.407 bits per heavy atom. The Bertz CT molecular complexity index is 4120. The van der Waals surface area contributed by atoms with Crippen LogP contribution in [0.5, 0.6) is 0 Å². The second kappa shape index (κ2) is 11.5. The number of para-hydroxylation sites is 1. The summed E-state index contributed by atoms with van der Waals surface area (Å²) in [6.45, 7) is 0. The van der Waals surface area contributed by atoms with Crippen LogP contribution in [0.2, 0.25) is 0 Å². The van der Waals surface area contributed by atoms with Crippen molar-refractivity contribution in [3.05, 3.63) is 176 Å². The van der Waals surface area contributed by atoms with Crippen molar-refractivity contribution in [2.75, 3.05) is 0 Å². The van der Waals surface area contributed by atoms with Crippen LogP contribution in [0.3, 0.4) is 0 Å². The lowest BCUT2D eigenvalue weighted by Gasteiger charge is -2.15. The van der Waals surface area contributed by atoms with E-state index in [1.54, 1.807) is 0 Å². The molecule has 0 amide bonds.